The van der Waals surface area contributed by atoms with Gasteiger partial charge >= 0.3 is 0 Å². The van der Waals surface area contributed by atoms with Gasteiger partial charge in [-0.15, -0.1) is 0 Å². The number of aryl methyl sites for hydroxylation is 1. The van der Waals surface area contributed by atoms with Gasteiger partial charge in [-0.2, -0.15) is 0 Å². The molecule has 0 aliphatic heterocycles. The number of nitrogens with one attached hydrogen (secondary N) is 2. The molecule has 27 heavy (non-hydrogen) atoms. The number of fused-ring (bicyclic) bond motifs is 1. The number of methoxy groups -OCH3 is 1. The number of hydrogen-bond donors (Lipinski definition) is 2. The van der Waals surface area contributed by atoms with Gasteiger partial charge in [0.25, 0.3) is 0 Å². The van der Waals surface area contributed by atoms with Gasteiger partial charge in [0.2, 0.25) is 5.91 Å². The first-order valence-electron chi connectivity index (χ1n) is 9.47. The quantitative estimate of drug-likeness (QED) is 0.621. The highest BCUT2D eigenvalue weighted by atomic mass is 16.5. The van der Waals surface area contributed by atoms with Gasteiger partial charge in [-0.1, -0.05) is 44.5 Å². The van der Waals surface area contributed by atoms with E-state index in [-0.39, 0.29) is 17.9 Å². The van der Waals surface area contributed by atoms with Gasteiger partial charge in [0.1, 0.15) is 11.6 Å². The van der Waals surface area contributed by atoms with Crippen molar-refractivity contribution in [3.8, 4) is 5.75 Å². The molecule has 3 aromatic rings. The lowest BCUT2D eigenvalue weighted by atomic mass is 9.98. The van der Waals surface area contributed by atoms with E-state index >= 15 is 0 Å². The van der Waals surface area contributed by atoms with Gasteiger partial charge < -0.3 is 15.0 Å². The first-order chi connectivity index (χ1) is 13.1. The lowest BCUT2D eigenvalue weighted by Crippen LogP contribution is -2.33. The largest absolute Gasteiger partial charge is 0.497 e. The van der Waals surface area contributed by atoms with Crippen LogP contribution in [0.25, 0.3) is 11.0 Å². The molecule has 2 N–H and O–H groups in total. The molecule has 2 atom stereocenters. The molecular weight excluding hydrogens is 338 g/mol. The molecule has 0 bridgehead atoms. The van der Waals surface area contributed by atoms with Crippen molar-refractivity contribution in [1.82, 2.24) is 15.3 Å². The van der Waals surface area contributed by atoms with E-state index in [4.69, 9.17) is 4.74 Å². The van der Waals surface area contributed by atoms with Crippen molar-refractivity contribution in [2.75, 3.05) is 7.11 Å². The highest BCUT2D eigenvalue weighted by molar-refractivity contribution is 5.77. The number of benzene rings is 2. The Kier molecular flexibility index (Phi) is 6.12. The Bertz CT molecular complexity index is 853. The number of amides is 1. The SMILES string of the molecule is CC[C@@H](C)[C@@H](NC(=O)CCc1ccc(OC)cc1)c1nc2ccccc2[nH]1. The van der Waals surface area contributed by atoms with Crippen molar-refractivity contribution in [1.29, 1.82) is 0 Å². The maximum absolute atomic E-state index is 12.6. The summed E-state index contributed by atoms with van der Waals surface area (Å²) in [4.78, 5) is 20.6. The number of carbonyl (C=O) groups is 1. The molecule has 0 aliphatic carbocycles. The normalized spacial score (nSPS) is 13.3. The Balaban J connectivity index is 1.67. The van der Waals surface area contributed by atoms with Gasteiger partial charge in [0.15, 0.2) is 0 Å². The summed E-state index contributed by atoms with van der Waals surface area (Å²) >= 11 is 0. The van der Waals surface area contributed by atoms with E-state index in [1.165, 1.54) is 0 Å². The second kappa shape index (κ2) is 8.71. The number of aromatic nitrogens is 2. The summed E-state index contributed by atoms with van der Waals surface area (Å²) in [6, 6.07) is 15.7. The summed E-state index contributed by atoms with van der Waals surface area (Å²) in [6.45, 7) is 4.27. The molecule has 3 rings (SSSR count). The van der Waals surface area contributed by atoms with E-state index in [0.717, 1.165) is 34.6 Å². The number of carbonyl (C=O) groups excluding carboxylic acids is 1. The number of aromatic amines is 1. The minimum Gasteiger partial charge on any atom is -0.497 e. The third-order valence-corrected chi connectivity index (χ3v) is 5.03. The van der Waals surface area contributed by atoms with Crippen LogP contribution in [-0.2, 0) is 11.2 Å². The van der Waals surface area contributed by atoms with E-state index in [1.54, 1.807) is 7.11 Å². The van der Waals surface area contributed by atoms with E-state index < -0.39 is 0 Å². The number of para-hydroxylation sites is 2. The molecule has 1 heterocycles. The van der Waals surface area contributed by atoms with Gasteiger partial charge in [0, 0.05) is 6.42 Å². The zero-order valence-electron chi connectivity index (χ0n) is 16.2. The average molecular weight is 365 g/mol. The van der Waals surface area contributed by atoms with Crippen LogP contribution in [0.5, 0.6) is 5.75 Å². The standard InChI is InChI=1S/C22H27N3O2/c1-4-15(2)21(22-23-18-7-5-6-8-19(18)24-22)25-20(26)14-11-16-9-12-17(27-3)13-10-16/h5-10,12-13,15,21H,4,11,14H2,1-3H3,(H,23,24)(H,25,26)/t15-,21-/m1/s1. The predicted octanol–water partition coefficient (Wildman–Crippen LogP) is 4.41. The van der Waals surface area contributed by atoms with Crippen LogP contribution in [-0.4, -0.2) is 23.0 Å². The topological polar surface area (TPSA) is 67.0 Å². The smallest absolute Gasteiger partial charge is 0.220 e. The van der Waals surface area contributed by atoms with Crippen LogP contribution in [0.4, 0.5) is 0 Å². The summed E-state index contributed by atoms with van der Waals surface area (Å²) in [5.41, 5.74) is 3.04. The average Bonchev–Trinajstić information content (AvgIpc) is 3.14. The molecule has 1 aromatic heterocycles. The monoisotopic (exact) mass is 365 g/mol. The van der Waals surface area contributed by atoms with Crippen LogP contribution in [0, 0.1) is 5.92 Å². The highest BCUT2D eigenvalue weighted by Gasteiger charge is 2.23. The van der Waals surface area contributed by atoms with Crippen LogP contribution in [0.15, 0.2) is 48.5 Å². The fourth-order valence-electron chi connectivity index (χ4n) is 3.13. The van der Waals surface area contributed by atoms with Gasteiger partial charge in [-0.3, -0.25) is 4.79 Å². The summed E-state index contributed by atoms with van der Waals surface area (Å²) < 4.78 is 5.17. The van der Waals surface area contributed by atoms with Crippen LogP contribution in [0.3, 0.4) is 0 Å². The van der Waals surface area contributed by atoms with Crippen LogP contribution in [0.2, 0.25) is 0 Å². The molecule has 0 saturated heterocycles. The molecule has 0 radical (unpaired) electrons. The highest BCUT2D eigenvalue weighted by Crippen LogP contribution is 2.25. The van der Waals surface area contributed by atoms with E-state index in [9.17, 15) is 4.79 Å². The van der Waals surface area contributed by atoms with Crippen LogP contribution in [0.1, 0.15) is 44.1 Å². The van der Waals surface area contributed by atoms with Crippen molar-refractivity contribution >= 4 is 16.9 Å². The molecule has 5 nitrogen and oxygen atoms in total. The zero-order chi connectivity index (χ0) is 19.2. The third kappa shape index (κ3) is 4.67. The Morgan fingerprint density at radius 3 is 2.59 bits per heavy atom. The molecule has 0 fully saturated rings. The van der Waals surface area contributed by atoms with Gasteiger partial charge in [-0.05, 0) is 42.2 Å². The second-order valence-electron chi connectivity index (χ2n) is 6.92. The molecule has 0 aliphatic rings. The van der Waals surface area contributed by atoms with Gasteiger partial charge in [0.05, 0.1) is 24.2 Å². The first kappa shape index (κ1) is 19.0. The Hall–Kier alpha value is -2.82. The van der Waals surface area contributed by atoms with Crippen molar-refractivity contribution in [2.45, 2.75) is 39.2 Å². The Morgan fingerprint density at radius 1 is 1.19 bits per heavy atom. The van der Waals surface area contributed by atoms with Crippen molar-refractivity contribution in [3.05, 3.63) is 59.9 Å². The van der Waals surface area contributed by atoms with Crippen LogP contribution < -0.4 is 10.1 Å². The van der Waals surface area contributed by atoms with E-state index in [1.807, 2.05) is 48.5 Å². The maximum atomic E-state index is 12.6. The lowest BCUT2D eigenvalue weighted by molar-refractivity contribution is -0.122. The molecule has 0 spiro atoms. The van der Waals surface area contributed by atoms with Gasteiger partial charge in [-0.25, -0.2) is 4.98 Å². The number of nitrogens with zero attached hydrogens (tertiary/aromatic N) is 1. The van der Waals surface area contributed by atoms with E-state index in [2.05, 4.69) is 29.1 Å². The van der Waals surface area contributed by atoms with Crippen molar-refractivity contribution < 1.29 is 9.53 Å². The van der Waals surface area contributed by atoms with Crippen molar-refractivity contribution in [2.24, 2.45) is 5.92 Å². The summed E-state index contributed by atoms with van der Waals surface area (Å²) in [6.07, 6.45) is 2.10. The number of hydrogen-bond acceptors (Lipinski definition) is 3. The molecule has 0 unspecified atom stereocenters. The molecule has 0 saturated carbocycles. The minimum atomic E-state index is -0.120. The summed E-state index contributed by atoms with van der Waals surface area (Å²) in [5, 5.41) is 3.18. The summed E-state index contributed by atoms with van der Waals surface area (Å²) in [7, 11) is 1.65. The minimum absolute atomic E-state index is 0.0385. The van der Waals surface area contributed by atoms with Crippen molar-refractivity contribution in [3.63, 3.8) is 0 Å². The number of H-pyrrole nitrogens is 1. The first-order valence-corrected chi connectivity index (χ1v) is 9.47. The maximum Gasteiger partial charge on any atom is 0.220 e. The molecule has 2 aromatic carbocycles. The molecule has 1 amide bonds. The number of ether oxygens (including phenoxy) is 1. The van der Waals surface area contributed by atoms with Crippen LogP contribution >= 0.6 is 0 Å². The number of rotatable bonds is 8. The molecule has 5 heteroatoms. The number of imidazole rings is 1. The molecule has 142 valence electrons. The lowest BCUT2D eigenvalue weighted by Gasteiger charge is -2.22. The fourth-order valence-corrected chi connectivity index (χ4v) is 3.13. The summed E-state index contributed by atoms with van der Waals surface area (Å²) in [5.74, 6) is 1.97. The Labute approximate surface area is 160 Å². The molecular formula is C22H27N3O2. The predicted molar refractivity (Wildman–Crippen MR) is 108 cm³/mol. The van der Waals surface area contributed by atoms with E-state index in [0.29, 0.717) is 12.8 Å². The Morgan fingerprint density at radius 2 is 1.93 bits per heavy atom. The fraction of sp³-hybridized carbons (Fsp3) is 0.364. The third-order valence-electron chi connectivity index (χ3n) is 5.03. The second-order valence-corrected chi connectivity index (χ2v) is 6.92. The zero-order valence-corrected chi connectivity index (χ0v) is 16.2.